The highest BCUT2D eigenvalue weighted by molar-refractivity contribution is 9.10. The van der Waals surface area contributed by atoms with Crippen LogP contribution >= 0.6 is 15.9 Å². The van der Waals surface area contributed by atoms with Gasteiger partial charge in [0, 0.05) is 24.0 Å². The number of morpholine rings is 1. The largest absolute Gasteiger partial charge is 0.388 e. The number of hydrogen-bond donors (Lipinski definition) is 2. The molecule has 4 heteroatoms. The molecule has 1 fully saturated rings. The first kappa shape index (κ1) is 15.7. The Bertz CT molecular complexity index is 611. The maximum atomic E-state index is 10.7. The van der Waals surface area contributed by atoms with Crippen molar-refractivity contribution in [1.82, 2.24) is 5.32 Å². The van der Waals surface area contributed by atoms with Crippen LogP contribution in [-0.2, 0) is 10.3 Å². The second-order valence-electron chi connectivity index (χ2n) is 5.63. The van der Waals surface area contributed by atoms with Gasteiger partial charge >= 0.3 is 0 Å². The number of halogens is 1. The zero-order valence-corrected chi connectivity index (χ0v) is 13.9. The molecule has 22 heavy (non-hydrogen) atoms. The molecule has 0 aliphatic carbocycles. The van der Waals surface area contributed by atoms with Crippen molar-refractivity contribution in [3.8, 4) is 0 Å². The predicted octanol–water partition coefficient (Wildman–Crippen LogP) is 3.39. The van der Waals surface area contributed by atoms with E-state index < -0.39 is 11.7 Å². The minimum atomic E-state index is -0.562. The van der Waals surface area contributed by atoms with Crippen molar-refractivity contribution in [1.29, 1.82) is 0 Å². The van der Waals surface area contributed by atoms with Crippen molar-refractivity contribution in [3.05, 3.63) is 70.2 Å². The smallest absolute Gasteiger partial charge is 0.109 e. The number of benzene rings is 2. The highest BCUT2D eigenvalue weighted by Crippen LogP contribution is 2.39. The van der Waals surface area contributed by atoms with Gasteiger partial charge in [0.15, 0.2) is 0 Å². The molecule has 0 spiro atoms. The van der Waals surface area contributed by atoms with Gasteiger partial charge in [-0.2, -0.15) is 0 Å². The zero-order chi connectivity index (χ0) is 15.4. The molecule has 0 bridgehead atoms. The molecule has 0 saturated carbocycles. The molecule has 1 aliphatic heterocycles. The molecule has 0 aromatic heterocycles. The fraction of sp³-hybridized carbons (Fsp3) is 0.333. The number of aliphatic hydroxyl groups excluding tert-OH is 1. The van der Waals surface area contributed by atoms with Crippen molar-refractivity contribution in [2.75, 3.05) is 19.7 Å². The third-order valence-corrected chi connectivity index (χ3v) is 4.83. The van der Waals surface area contributed by atoms with Crippen LogP contribution in [0.5, 0.6) is 0 Å². The predicted molar refractivity (Wildman–Crippen MR) is 90.7 cm³/mol. The minimum absolute atomic E-state index is 0.520. The lowest BCUT2D eigenvalue weighted by Crippen LogP contribution is -2.48. The average molecular weight is 362 g/mol. The van der Waals surface area contributed by atoms with Crippen molar-refractivity contribution >= 4 is 15.9 Å². The van der Waals surface area contributed by atoms with E-state index in [2.05, 4.69) is 27.3 Å². The topological polar surface area (TPSA) is 41.5 Å². The molecule has 3 rings (SSSR count). The summed E-state index contributed by atoms with van der Waals surface area (Å²) >= 11 is 3.62. The SMILES string of the molecule is OC(CC1(c2ccccc2Br)CNCCO1)c1ccccc1. The van der Waals surface area contributed by atoms with Gasteiger partial charge in [-0.25, -0.2) is 0 Å². The van der Waals surface area contributed by atoms with Crippen molar-refractivity contribution < 1.29 is 9.84 Å². The van der Waals surface area contributed by atoms with E-state index in [0.717, 1.165) is 22.1 Å². The summed E-state index contributed by atoms with van der Waals surface area (Å²) in [6.45, 7) is 2.18. The quantitative estimate of drug-likeness (QED) is 0.876. The Labute approximate surface area is 139 Å². The summed E-state index contributed by atoms with van der Waals surface area (Å²) in [6, 6.07) is 17.8. The van der Waals surface area contributed by atoms with Crippen molar-refractivity contribution in [2.45, 2.75) is 18.1 Å². The molecular weight excluding hydrogens is 342 g/mol. The van der Waals surface area contributed by atoms with E-state index in [-0.39, 0.29) is 0 Å². The van der Waals surface area contributed by atoms with Gasteiger partial charge in [0.05, 0.1) is 12.7 Å². The van der Waals surface area contributed by atoms with Crippen molar-refractivity contribution in [3.63, 3.8) is 0 Å². The van der Waals surface area contributed by atoms with E-state index in [1.54, 1.807) is 0 Å². The third kappa shape index (κ3) is 3.25. The molecule has 1 saturated heterocycles. The maximum absolute atomic E-state index is 10.7. The van der Waals surface area contributed by atoms with E-state index in [9.17, 15) is 5.11 Å². The Morgan fingerprint density at radius 2 is 1.86 bits per heavy atom. The van der Waals surface area contributed by atoms with Crippen LogP contribution in [0.15, 0.2) is 59.1 Å². The Hall–Kier alpha value is -1.20. The fourth-order valence-electron chi connectivity index (χ4n) is 3.01. The second-order valence-corrected chi connectivity index (χ2v) is 6.48. The van der Waals surface area contributed by atoms with Gasteiger partial charge in [-0.05, 0) is 17.2 Å². The molecule has 3 nitrogen and oxygen atoms in total. The van der Waals surface area contributed by atoms with E-state index >= 15 is 0 Å². The molecular formula is C18H20BrNO2. The average Bonchev–Trinajstić information content (AvgIpc) is 2.57. The first-order valence-electron chi connectivity index (χ1n) is 7.54. The molecule has 2 atom stereocenters. The van der Waals surface area contributed by atoms with Gasteiger partial charge in [-0.1, -0.05) is 64.5 Å². The molecule has 0 amide bonds. The summed E-state index contributed by atoms with van der Waals surface area (Å²) in [7, 11) is 0. The lowest BCUT2D eigenvalue weighted by molar-refractivity contribution is -0.0980. The highest BCUT2D eigenvalue weighted by Gasteiger charge is 2.38. The first-order chi connectivity index (χ1) is 10.7. The molecule has 2 aromatic carbocycles. The summed E-state index contributed by atoms with van der Waals surface area (Å²) in [5.41, 5.74) is 1.48. The zero-order valence-electron chi connectivity index (χ0n) is 12.3. The monoisotopic (exact) mass is 361 g/mol. The van der Waals surface area contributed by atoms with Gasteiger partial charge in [-0.15, -0.1) is 0 Å². The summed E-state index contributed by atoms with van der Waals surface area (Å²) < 4.78 is 7.19. The van der Waals surface area contributed by atoms with Crippen LogP contribution in [0.3, 0.4) is 0 Å². The van der Waals surface area contributed by atoms with Gasteiger partial charge in [-0.3, -0.25) is 0 Å². The number of aliphatic hydroxyl groups is 1. The summed E-state index contributed by atoms with van der Waals surface area (Å²) in [5.74, 6) is 0. The van der Waals surface area contributed by atoms with Gasteiger partial charge < -0.3 is 15.2 Å². The van der Waals surface area contributed by atoms with E-state index in [1.807, 2.05) is 48.5 Å². The minimum Gasteiger partial charge on any atom is -0.388 e. The normalized spacial score (nSPS) is 23.2. The summed E-state index contributed by atoms with van der Waals surface area (Å²) in [6.07, 6.45) is -0.0414. The summed E-state index contributed by atoms with van der Waals surface area (Å²) in [4.78, 5) is 0. The first-order valence-corrected chi connectivity index (χ1v) is 8.33. The highest BCUT2D eigenvalue weighted by atomic mass is 79.9. The van der Waals surface area contributed by atoms with E-state index in [0.29, 0.717) is 19.6 Å². The molecule has 2 aromatic rings. The lowest BCUT2D eigenvalue weighted by Gasteiger charge is -2.40. The van der Waals surface area contributed by atoms with Crippen LogP contribution in [-0.4, -0.2) is 24.8 Å². The standard InChI is InChI=1S/C18H20BrNO2/c19-16-9-5-4-8-15(16)18(13-20-10-11-22-18)12-17(21)14-6-2-1-3-7-14/h1-9,17,20-21H,10-13H2. The van der Waals surface area contributed by atoms with Crippen LogP contribution in [0.25, 0.3) is 0 Å². The number of rotatable bonds is 4. The van der Waals surface area contributed by atoms with Crippen LogP contribution in [0, 0.1) is 0 Å². The third-order valence-electron chi connectivity index (χ3n) is 4.14. The Kier molecular flexibility index (Phi) is 4.93. The molecule has 1 heterocycles. The van der Waals surface area contributed by atoms with E-state index in [4.69, 9.17) is 4.74 Å². The molecule has 2 N–H and O–H groups in total. The van der Waals surface area contributed by atoms with Crippen LogP contribution in [0.2, 0.25) is 0 Å². The van der Waals surface area contributed by atoms with Crippen LogP contribution in [0.4, 0.5) is 0 Å². The van der Waals surface area contributed by atoms with E-state index in [1.165, 1.54) is 0 Å². The van der Waals surface area contributed by atoms with Crippen molar-refractivity contribution in [2.24, 2.45) is 0 Å². The number of nitrogens with one attached hydrogen (secondary N) is 1. The van der Waals surface area contributed by atoms with Crippen LogP contribution < -0.4 is 5.32 Å². The van der Waals surface area contributed by atoms with Crippen LogP contribution in [0.1, 0.15) is 23.7 Å². The molecule has 1 aliphatic rings. The Balaban J connectivity index is 1.92. The summed E-state index contributed by atoms with van der Waals surface area (Å²) in [5, 5.41) is 14.1. The second kappa shape index (κ2) is 6.92. The van der Waals surface area contributed by atoms with Gasteiger partial charge in [0.1, 0.15) is 5.60 Å². The number of ether oxygens (including phenoxy) is 1. The number of hydrogen-bond acceptors (Lipinski definition) is 3. The fourth-order valence-corrected chi connectivity index (χ4v) is 3.66. The Morgan fingerprint density at radius 1 is 1.14 bits per heavy atom. The molecule has 116 valence electrons. The van der Waals surface area contributed by atoms with Gasteiger partial charge in [0.25, 0.3) is 0 Å². The molecule has 0 radical (unpaired) electrons. The Morgan fingerprint density at radius 3 is 2.55 bits per heavy atom. The maximum Gasteiger partial charge on any atom is 0.109 e. The lowest BCUT2D eigenvalue weighted by atomic mass is 9.85. The molecule has 2 unspecified atom stereocenters. The van der Waals surface area contributed by atoms with Gasteiger partial charge in [0.2, 0.25) is 0 Å².